The zero-order valence-corrected chi connectivity index (χ0v) is 20.1. The smallest absolute Gasteiger partial charge is 0.257 e. The molecule has 0 aliphatic rings. The number of carbonyl (C=O) groups is 3. The quantitative estimate of drug-likeness (QED) is 0.435. The second-order valence-electron chi connectivity index (χ2n) is 6.69. The topological polar surface area (TPSA) is 96.5 Å². The zero-order chi connectivity index (χ0) is 23.5. The summed E-state index contributed by atoms with van der Waals surface area (Å²) in [7, 11) is 0. The predicted molar refractivity (Wildman–Crippen MR) is 130 cm³/mol. The van der Waals surface area contributed by atoms with Crippen LogP contribution in [0.1, 0.15) is 23.7 Å². The van der Waals surface area contributed by atoms with Crippen molar-refractivity contribution in [2.24, 2.45) is 0 Å². The summed E-state index contributed by atoms with van der Waals surface area (Å²) >= 11 is 13.6. The Morgan fingerprint density at radius 2 is 1.91 bits per heavy atom. The van der Waals surface area contributed by atoms with Crippen molar-refractivity contribution in [3.8, 4) is 5.75 Å². The molecule has 3 amide bonds. The third-order valence-electron chi connectivity index (χ3n) is 4.25. The van der Waals surface area contributed by atoms with E-state index >= 15 is 0 Å². The summed E-state index contributed by atoms with van der Waals surface area (Å²) < 4.78 is 5.45. The standard InChI is InChI=1S/C22H25Cl2N3O4S/c1-3-25-20(28)13-31-16-6-4-5-15(12-16)26-22(30)19(9-10-32-2)27-21(29)17-8-7-14(23)11-18(17)24/h4-8,11-12,19H,3,9-10,13H2,1-2H3,(H,25,28)(H,26,30)(H,27,29). The number of anilines is 1. The summed E-state index contributed by atoms with van der Waals surface area (Å²) in [6.07, 6.45) is 2.35. The first-order chi connectivity index (χ1) is 15.3. The van der Waals surface area contributed by atoms with Gasteiger partial charge in [0.15, 0.2) is 6.61 Å². The number of hydrogen-bond donors (Lipinski definition) is 3. The fourth-order valence-electron chi connectivity index (χ4n) is 2.70. The van der Waals surface area contributed by atoms with Gasteiger partial charge in [0, 0.05) is 23.3 Å². The molecule has 32 heavy (non-hydrogen) atoms. The number of hydrogen-bond acceptors (Lipinski definition) is 5. The van der Waals surface area contributed by atoms with Crippen LogP contribution < -0.4 is 20.7 Å². The highest BCUT2D eigenvalue weighted by Crippen LogP contribution is 2.22. The van der Waals surface area contributed by atoms with Crippen molar-refractivity contribution in [1.29, 1.82) is 0 Å². The van der Waals surface area contributed by atoms with Crippen LogP contribution >= 0.6 is 35.0 Å². The van der Waals surface area contributed by atoms with Crippen molar-refractivity contribution >= 4 is 58.4 Å². The minimum absolute atomic E-state index is 0.125. The lowest BCUT2D eigenvalue weighted by Gasteiger charge is -2.19. The highest BCUT2D eigenvalue weighted by Gasteiger charge is 2.22. The number of likely N-dealkylation sites (N-methyl/N-ethyl adjacent to an activating group) is 1. The Hall–Kier alpha value is -2.42. The number of halogens is 2. The van der Waals surface area contributed by atoms with Crippen molar-refractivity contribution in [2.75, 3.05) is 30.5 Å². The minimum atomic E-state index is -0.776. The van der Waals surface area contributed by atoms with Crippen LogP contribution in [0.5, 0.6) is 5.75 Å². The molecule has 0 saturated carbocycles. The average molecular weight is 498 g/mol. The van der Waals surface area contributed by atoms with E-state index in [0.29, 0.717) is 35.2 Å². The maximum Gasteiger partial charge on any atom is 0.257 e. The monoisotopic (exact) mass is 497 g/mol. The molecule has 0 aliphatic carbocycles. The molecule has 1 atom stereocenters. The summed E-state index contributed by atoms with van der Waals surface area (Å²) in [5, 5.41) is 8.79. The Morgan fingerprint density at radius 1 is 1.12 bits per heavy atom. The van der Waals surface area contributed by atoms with E-state index < -0.39 is 11.9 Å². The van der Waals surface area contributed by atoms with Gasteiger partial charge >= 0.3 is 0 Å². The van der Waals surface area contributed by atoms with Crippen LogP contribution in [-0.4, -0.2) is 48.9 Å². The molecule has 0 aromatic heterocycles. The largest absolute Gasteiger partial charge is 0.484 e. The van der Waals surface area contributed by atoms with Gasteiger partial charge in [-0.2, -0.15) is 11.8 Å². The van der Waals surface area contributed by atoms with Gasteiger partial charge in [-0.15, -0.1) is 0 Å². The van der Waals surface area contributed by atoms with Crippen molar-refractivity contribution in [3.05, 3.63) is 58.1 Å². The van der Waals surface area contributed by atoms with E-state index in [2.05, 4.69) is 16.0 Å². The molecule has 2 aromatic rings. The Kier molecular flexibility index (Phi) is 10.7. The van der Waals surface area contributed by atoms with Crippen LogP contribution in [0.2, 0.25) is 10.0 Å². The van der Waals surface area contributed by atoms with Crippen molar-refractivity contribution in [2.45, 2.75) is 19.4 Å². The van der Waals surface area contributed by atoms with Gasteiger partial charge in [0.1, 0.15) is 11.8 Å². The van der Waals surface area contributed by atoms with Gasteiger partial charge in [-0.25, -0.2) is 0 Å². The van der Waals surface area contributed by atoms with E-state index in [1.54, 1.807) is 42.1 Å². The molecular formula is C22H25Cl2N3O4S. The van der Waals surface area contributed by atoms with Crippen molar-refractivity contribution in [3.63, 3.8) is 0 Å². The molecule has 0 bridgehead atoms. The lowest BCUT2D eigenvalue weighted by Crippen LogP contribution is -2.44. The molecule has 0 radical (unpaired) electrons. The summed E-state index contributed by atoms with van der Waals surface area (Å²) in [6, 6.07) is 10.5. The molecule has 2 aromatic carbocycles. The molecule has 0 spiro atoms. The second kappa shape index (κ2) is 13.2. The number of ether oxygens (including phenoxy) is 1. The Bertz CT molecular complexity index is 959. The van der Waals surface area contributed by atoms with Crippen LogP contribution in [-0.2, 0) is 9.59 Å². The number of carbonyl (C=O) groups excluding carboxylic acids is 3. The highest BCUT2D eigenvalue weighted by atomic mass is 35.5. The van der Waals surface area contributed by atoms with Gasteiger partial charge in [0.2, 0.25) is 5.91 Å². The molecule has 172 valence electrons. The van der Waals surface area contributed by atoms with E-state index in [1.807, 2.05) is 13.2 Å². The minimum Gasteiger partial charge on any atom is -0.484 e. The predicted octanol–water partition coefficient (Wildman–Crippen LogP) is 4.00. The fourth-order valence-corrected chi connectivity index (χ4v) is 3.67. The summed E-state index contributed by atoms with van der Waals surface area (Å²) in [6.45, 7) is 2.21. The maximum absolute atomic E-state index is 12.9. The van der Waals surface area contributed by atoms with E-state index in [4.69, 9.17) is 27.9 Å². The van der Waals surface area contributed by atoms with Gasteiger partial charge in [0.05, 0.1) is 10.6 Å². The zero-order valence-electron chi connectivity index (χ0n) is 17.7. The second-order valence-corrected chi connectivity index (χ2v) is 8.52. The van der Waals surface area contributed by atoms with Crippen molar-refractivity contribution < 1.29 is 19.1 Å². The third kappa shape index (κ3) is 8.26. The van der Waals surface area contributed by atoms with E-state index in [9.17, 15) is 14.4 Å². The molecule has 3 N–H and O–H groups in total. The van der Waals surface area contributed by atoms with Gasteiger partial charge in [-0.3, -0.25) is 14.4 Å². The van der Waals surface area contributed by atoms with Crippen molar-refractivity contribution in [1.82, 2.24) is 10.6 Å². The molecule has 1 unspecified atom stereocenters. The maximum atomic E-state index is 12.9. The van der Waals surface area contributed by atoms with Crippen LogP contribution in [0.3, 0.4) is 0 Å². The molecule has 0 heterocycles. The SMILES string of the molecule is CCNC(=O)COc1cccc(NC(=O)C(CCSC)NC(=O)c2ccc(Cl)cc2Cl)c1. The first-order valence-corrected chi connectivity index (χ1v) is 12.0. The van der Waals surface area contributed by atoms with Gasteiger partial charge in [-0.05, 0) is 55.7 Å². The molecule has 0 aliphatic heterocycles. The third-order valence-corrected chi connectivity index (χ3v) is 5.45. The van der Waals surface area contributed by atoms with E-state index in [-0.39, 0.29) is 29.0 Å². The molecule has 0 saturated heterocycles. The van der Waals surface area contributed by atoms with Crippen LogP contribution in [0.15, 0.2) is 42.5 Å². The van der Waals surface area contributed by atoms with E-state index in [0.717, 1.165) is 0 Å². The number of amides is 3. The number of nitrogens with one attached hydrogen (secondary N) is 3. The number of thioether (sulfide) groups is 1. The molecular weight excluding hydrogens is 473 g/mol. The first kappa shape index (κ1) is 25.8. The van der Waals surface area contributed by atoms with Gasteiger partial charge < -0.3 is 20.7 Å². The van der Waals surface area contributed by atoms with Gasteiger partial charge in [-0.1, -0.05) is 29.3 Å². The normalized spacial score (nSPS) is 11.4. The Balaban J connectivity index is 2.06. The lowest BCUT2D eigenvalue weighted by atomic mass is 10.1. The first-order valence-electron chi connectivity index (χ1n) is 9.89. The highest BCUT2D eigenvalue weighted by molar-refractivity contribution is 7.98. The number of rotatable bonds is 11. The summed E-state index contributed by atoms with van der Waals surface area (Å²) in [4.78, 5) is 37.1. The van der Waals surface area contributed by atoms with Crippen LogP contribution in [0.4, 0.5) is 5.69 Å². The summed E-state index contributed by atoms with van der Waals surface area (Å²) in [5.74, 6) is 0.0298. The Labute approximate surface area is 201 Å². The molecule has 0 fully saturated rings. The fraction of sp³-hybridized carbons (Fsp3) is 0.318. The van der Waals surface area contributed by atoms with Crippen LogP contribution in [0.25, 0.3) is 0 Å². The molecule has 7 nitrogen and oxygen atoms in total. The van der Waals surface area contributed by atoms with Crippen LogP contribution in [0, 0.1) is 0 Å². The summed E-state index contributed by atoms with van der Waals surface area (Å²) in [5.41, 5.74) is 0.718. The van der Waals surface area contributed by atoms with Gasteiger partial charge in [0.25, 0.3) is 11.8 Å². The lowest BCUT2D eigenvalue weighted by molar-refractivity contribution is -0.123. The van der Waals surface area contributed by atoms with E-state index in [1.165, 1.54) is 12.1 Å². The number of benzene rings is 2. The Morgan fingerprint density at radius 3 is 2.59 bits per heavy atom. The molecule has 2 rings (SSSR count). The molecule has 10 heteroatoms. The average Bonchev–Trinajstić information content (AvgIpc) is 2.75.